The molecule has 0 bridgehead atoms. The molecule has 3 N–H and O–H groups in total. The summed E-state index contributed by atoms with van der Waals surface area (Å²) in [6, 6.07) is 0. The van der Waals surface area contributed by atoms with Gasteiger partial charge >= 0.3 is 0 Å². The zero-order valence-corrected chi connectivity index (χ0v) is 11.5. The van der Waals surface area contributed by atoms with Gasteiger partial charge in [-0.05, 0) is 13.8 Å². The fourth-order valence-electron chi connectivity index (χ4n) is 1.64. The van der Waals surface area contributed by atoms with Gasteiger partial charge in [0, 0.05) is 32.3 Å². The van der Waals surface area contributed by atoms with Crippen LogP contribution in [0.5, 0.6) is 0 Å². The first kappa shape index (κ1) is 15.2. The van der Waals surface area contributed by atoms with Crippen LogP contribution in [-0.2, 0) is 9.53 Å². The Bertz CT molecular complexity index is 423. The van der Waals surface area contributed by atoms with Crippen LogP contribution in [0.15, 0.2) is 0 Å². The molecule has 0 fully saturated rings. The maximum atomic E-state index is 11.9. The maximum absolute atomic E-state index is 11.9. The third-order valence-electron chi connectivity index (χ3n) is 2.62. The first-order chi connectivity index (χ1) is 9.06. The van der Waals surface area contributed by atoms with E-state index in [1.54, 1.807) is 21.0 Å². The summed E-state index contributed by atoms with van der Waals surface area (Å²) in [6.07, 6.45) is 0.241. The van der Waals surface area contributed by atoms with Gasteiger partial charge in [0.2, 0.25) is 5.91 Å². The number of nitrogens with one attached hydrogen (secondary N) is 3. The van der Waals surface area contributed by atoms with Crippen molar-refractivity contribution in [2.24, 2.45) is 0 Å². The van der Waals surface area contributed by atoms with Crippen LogP contribution in [0.1, 0.15) is 28.2 Å². The Labute approximate surface area is 112 Å². The molecular weight excluding hydrogens is 248 g/mol. The molecule has 0 atom stereocenters. The molecule has 7 heteroatoms. The normalized spacial score (nSPS) is 10.3. The summed E-state index contributed by atoms with van der Waals surface area (Å²) < 4.78 is 4.82. The van der Waals surface area contributed by atoms with Gasteiger partial charge in [0.15, 0.2) is 0 Å². The second kappa shape index (κ2) is 7.52. The van der Waals surface area contributed by atoms with Gasteiger partial charge in [-0.1, -0.05) is 0 Å². The van der Waals surface area contributed by atoms with E-state index in [9.17, 15) is 9.59 Å². The molecule has 1 rings (SSSR count). The molecule has 0 aliphatic carbocycles. The van der Waals surface area contributed by atoms with E-state index in [4.69, 9.17) is 4.74 Å². The zero-order valence-electron chi connectivity index (χ0n) is 11.5. The lowest BCUT2D eigenvalue weighted by molar-refractivity contribution is -0.121. The van der Waals surface area contributed by atoms with Crippen molar-refractivity contribution in [1.82, 2.24) is 20.8 Å². The Morgan fingerprint density at radius 2 is 2.00 bits per heavy atom. The lowest BCUT2D eigenvalue weighted by atomic mass is 10.2. The van der Waals surface area contributed by atoms with Crippen molar-refractivity contribution in [3.63, 3.8) is 0 Å². The van der Waals surface area contributed by atoms with Gasteiger partial charge < -0.3 is 15.4 Å². The summed E-state index contributed by atoms with van der Waals surface area (Å²) in [5.41, 5.74) is 1.92. The first-order valence-electron chi connectivity index (χ1n) is 6.11. The van der Waals surface area contributed by atoms with Gasteiger partial charge in [-0.15, -0.1) is 0 Å². The molecule has 106 valence electrons. The summed E-state index contributed by atoms with van der Waals surface area (Å²) in [7, 11) is 1.57. The number of aromatic nitrogens is 2. The third-order valence-corrected chi connectivity index (χ3v) is 2.62. The second-order valence-corrected chi connectivity index (χ2v) is 4.16. The Balaban J connectivity index is 2.30. The number of nitrogens with zero attached hydrogens (tertiary/aromatic N) is 1. The minimum absolute atomic E-state index is 0.113. The molecule has 1 aromatic rings. The van der Waals surface area contributed by atoms with Crippen molar-refractivity contribution in [2.45, 2.75) is 20.3 Å². The number of amides is 2. The maximum Gasteiger partial charge on any atom is 0.255 e. The van der Waals surface area contributed by atoms with Crippen LogP contribution < -0.4 is 10.6 Å². The molecule has 19 heavy (non-hydrogen) atoms. The number of carbonyl (C=O) groups is 2. The number of rotatable bonds is 7. The van der Waals surface area contributed by atoms with Crippen LogP contribution in [0, 0.1) is 13.8 Å². The number of H-pyrrole nitrogens is 1. The SMILES string of the molecule is COCCNC(=O)CCNC(=O)c1c(C)n[nH]c1C. The molecule has 0 aliphatic heterocycles. The lowest BCUT2D eigenvalue weighted by Crippen LogP contribution is -2.32. The summed E-state index contributed by atoms with van der Waals surface area (Å²) in [4.78, 5) is 23.2. The van der Waals surface area contributed by atoms with Gasteiger partial charge in [0.05, 0.1) is 17.9 Å². The summed E-state index contributed by atoms with van der Waals surface area (Å²) >= 11 is 0. The number of hydrogen-bond acceptors (Lipinski definition) is 4. The molecular formula is C12H20N4O3. The summed E-state index contributed by atoms with van der Waals surface area (Å²) in [5.74, 6) is -0.327. The number of aromatic amines is 1. The average molecular weight is 268 g/mol. The molecule has 0 aromatic carbocycles. The monoisotopic (exact) mass is 268 g/mol. The predicted molar refractivity (Wildman–Crippen MR) is 69.9 cm³/mol. The number of methoxy groups -OCH3 is 1. The molecule has 1 heterocycles. The lowest BCUT2D eigenvalue weighted by Gasteiger charge is -2.06. The van der Waals surface area contributed by atoms with E-state index in [1.165, 1.54) is 0 Å². The minimum Gasteiger partial charge on any atom is -0.383 e. The third kappa shape index (κ3) is 4.70. The molecule has 1 aromatic heterocycles. The summed E-state index contributed by atoms with van der Waals surface area (Å²) in [6.45, 7) is 4.79. The predicted octanol–water partition coefficient (Wildman–Crippen LogP) is -0.0910. The Hall–Kier alpha value is -1.89. The van der Waals surface area contributed by atoms with Crippen molar-refractivity contribution < 1.29 is 14.3 Å². The number of carbonyl (C=O) groups excluding carboxylic acids is 2. The highest BCUT2D eigenvalue weighted by atomic mass is 16.5. The molecule has 0 radical (unpaired) electrons. The van der Waals surface area contributed by atoms with Gasteiger partial charge in [-0.3, -0.25) is 14.7 Å². The molecule has 0 unspecified atom stereocenters. The van der Waals surface area contributed by atoms with E-state index in [2.05, 4.69) is 20.8 Å². The smallest absolute Gasteiger partial charge is 0.255 e. The van der Waals surface area contributed by atoms with Crippen LogP contribution in [0.25, 0.3) is 0 Å². The van der Waals surface area contributed by atoms with Crippen LogP contribution in [0.2, 0.25) is 0 Å². The standard InChI is InChI=1S/C12H20N4O3/c1-8-11(9(2)16-15-8)12(18)14-5-4-10(17)13-6-7-19-3/h4-7H2,1-3H3,(H,13,17)(H,14,18)(H,15,16). The topological polar surface area (TPSA) is 96.1 Å². The molecule has 0 saturated carbocycles. The van der Waals surface area contributed by atoms with E-state index in [1.807, 2.05) is 0 Å². The van der Waals surface area contributed by atoms with Crippen LogP contribution in [-0.4, -0.2) is 48.8 Å². The van der Waals surface area contributed by atoms with E-state index >= 15 is 0 Å². The minimum atomic E-state index is -0.214. The fraction of sp³-hybridized carbons (Fsp3) is 0.583. The highest BCUT2D eigenvalue weighted by Gasteiger charge is 2.14. The highest BCUT2D eigenvalue weighted by molar-refractivity contribution is 5.96. The summed E-state index contributed by atoms with van der Waals surface area (Å²) in [5, 5.41) is 12.1. The Kier molecular flexibility index (Phi) is 6.01. The van der Waals surface area contributed by atoms with E-state index in [0.29, 0.717) is 31.0 Å². The Morgan fingerprint density at radius 3 is 2.58 bits per heavy atom. The van der Waals surface area contributed by atoms with E-state index in [-0.39, 0.29) is 18.2 Å². The van der Waals surface area contributed by atoms with Crippen molar-refractivity contribution >= 4 is 11.8 Å². The quantitative estimate of drug-likeness (QED) is 0.602. The van der Waals surface area contributed by atoms with Crippen molar-refractivity contribution in [3.05, 3.63) is 17.0 Å². The zero-order chi connectivity index (χ0) is 14.3. The second-order valence-electron chi connectivity index (χ2n) is 4.16. The average Bonchev–Trinajstić information content (AvgIpc) is 2.69. The van der Waals surface area contributed by atoms with Gasteiger partial charge in [-0.2, -0.15) is 5.10 Å². The van der Waals surface area contributed by atoms with Crippen LogP contribution in [0.3, 0.4) is 0 Å². The van der Waals surface area contributed by atoms with Gasteiger partial charge in [-0.25, -0.2) is 0 Å². The largest absolute Gasteiger partial charge is 0.383 e. The number of hydrogen-bond donors (Lipinski definition) is 3. The first-order valence-corrected chi connectivity index (χ1v) is 6.11. The fourth-order valence-corrected chi connectivity index (χ4v) is 1.64. The molecule has 7 nitrogen and oxygen atoms in total. The van der Waals surface area contributed by atoms with Crippen LogP contribution in [0.4, 0.5) is 0 Å². The van der Waals surface area contributed by atoms with Gasteiger partial charge in [0.25, 0.3) is 5.91 Å². The van der Waals surface area contributed by atoms with Gasteiger partial charge in [0.1, 0.15) is 0 Å². The molecule has 2 amide bonds. The number of aryl methyl sites for hydroxylation is 2. The van der Waals surface area contributed by atoms with Crippen molar-refractivity contribution in [2.75, 3.05) is 26.8 Å². The molecule has 0 aliphatic rings. The van der Waals surface area contributed by atoms with E-state index in [0.717, 1.165) is 5.69 Å². The van der Waals surface area contributed by atoms with Crippen molar-refractivity contribution in [1.29, 1.82) is 0 Å². The Morgan fingerprint density at radius 1 is 1.26 bits per heavy atom. The van der Waals surface area contributed by atoms with Crippen molar-refractivity contribution in [3.8, 4) is 0 Å². The molecule has 0 saturated heterocycles. The molecule has 0 spiro atoms. The number of ether oxygens (including phenoxy) is 1. The van der Waals surface area contributed by atoms with E-state index < -0.39 is 0 Å². The van der Waals surface area contributed by atoms with Crippen LogP contribution >= 0.6 is 0 Å². The highest BCUT2D eigenvalue weighted by Crippen LogP contribution is 2.08.